The Hall–Kier alpha value is -2.61. The molecule has 0 unspecified atom stereocenters. The molecule has 0 atom stereocenters. The number of nitrogens with one attached hydrogen (secondary N) is 1. The molecule has 0 spiro atoms. The first kappa shape index (κ1) is 13.4. The number of rotatable bonds is 2. The minimum Gasteiger partial charge on any atom is -0.505 e. The minimum absolute atomic E-state index is 0.0267. The highest BCUT2D eigenvalue weighted by Gasteiger charge is 2.22. The Morgan fingerprint density at radius 1 is 1.24 bits per heavy atom. The summed E-state index contributed by atoms with van der Waals surface area (Å²) in [6.45, 7) is 1.82. The van der Waals surface area contributed by atoms with Gasteiger partial charge in [-0.3, -0.25) is 4.79 Å². The van der Waals surface area contributed by atoms with Gasteiger partial charge in [0.15, 0.2) is 11.5 Å². The smallest absolute Gasteiger partial charge is 0.262 e. The average Bonchev–Trinajstić information content (AvgIpc) is 2.73. The number of ether oxygens (including phenoxy) is 1. The van der Waals surface area contributed by atoms with E-state index < -0.39 is 5.56 Å². The molecular weight excluding hydrogens is 276 g/mol. The van der Waals surface area contributed by atoms with Crippen molar-refractivity contribution >= 4 is 21.9 Å². The van der Waals surface area contributed by atoms with Gasteiger partial charge in [-0.1, -0.05) is 0 Å². The van der Waals surface area contributed by atoms with Gasteiger partial charge in [-0.05, 0) is 6.92 Å². The highest BCUT2D eigenvalue weighted by atomic mass is 16.5. The fourth-order valence-corrected chi connectivity index (χ4v) is 2.39. The highest BCUT2D eigenvalue weighted by Crippen LogP contribution is 2.38. The Kier molecular flexibility index (Phi) is 2.84. The molecule has 8 nitrogen and oxygen atoms in total. The van der Waals surface area contributed by atoms with Gasteiger partial charge in [-0.2, -0.15) is 0 Å². The number of nitrogens with zero attached hydrogens (tertiary/aromatic N) is 3. The lowest BCUT2D eigenvalue weighted by molar-refractivity contribution is 0.178. The number of aromatic nitrogens is 4. The van der Waals surface area contributed by atoms with Crippen LogP contribution in [0.3, 0.4) is 0 Å². The quantitative estimate of drug-likeness (QED) is 0.598. The van der Waals surface area contributed by atoms with Crippen molar-refractivity contribution < 1.29 is 14.9 Å². The number of fused-ring (bicyclic) bond motifs is 2. The molecule has 0 bridgehead atoms. The second-order valence-electron chi connectivity index (χ2n) is 4.78. The van der Waals surface area contributed by atoms with Gasteiger partial charge in [0.25, 0.3) is 5.56 Å². The van der Waals surface area contributed by atoms with Crippen LogP contribution in [0.2, 0.25) is 0 Å². The van der Waals surface area contributed by atoms with Crippen LogP contribution >= 0.6 is 0 Å². The Morgan fingerprint density at radius 2 is 1.95 bits per heavy atom. The zero-order chi connectivity index (χ0) is 15.3. The molecule has 2 aromatic heterocycles. The number of H-pyrrole nitrogens is 1. The molecular formula is C13H14N4O4. The van der Waals surface area contributed by atoms with Crippen LogP contribution in [0.4, 0.5) is 0 Å². The van der Waals surface area contributed by atoms with Gasteiger partial charge in [-0.15, -0.1) is 0 Å². The van der Waals surface area contributed by atoms with Gasteiger partial charge in [-0.25, -0.2) is 9.97 Å². The van der Waals surface area contributed by atoms with Crippen molar-refractivity contribution in [3.05, 3.63) is 22.0 Å². The molecule has 0 fully saturated rings. The number of aromatic hydroxyl groups is 2. The van der Waals surface area contributed by atoms with E-state index in [1.165, 1.54) is 7.11 Å². The van der Waals surface area contributed by atoms with Crippen molar-refractivity contribution in [2.24, 2.45) is 7.05 Å². The molecule has 3 aromatic rings. The maximum Gasteiger partial charge on any atom is 0.262 e. The third-order valence-electron chi connectivity index (χ3n) is 3.48. The van der Waals surface area contributed by atoms with Crippen molar-refractivity contribution in [2.75, 3.05) is 7.11 Å². The number of phenols is 2. The molecule has 0 amide bonds. The standard InChI is InChI=1S/C13H14N4O4/c1-5-14-9-10(17(5)2)12(19)8-7(11(9)18)13(20)16-6(15-8)4-21-3/h18-19H,4H2,1-3H3,(H,15,16,20). The van der Waals surface area contributed by atoms with E-state index in [2.05, 4.69) is 15.0 Å². The van der Waals surface area contributed by atoms with E-state index in [0.29, 0.717) is 11.3 Å². The van der Waals surface area contributed by atoms with Crippen LogP contribution in [0.15, 0.2) is 4.79 Å². The lowest BCUT2D eigenvalue weighted by Gasteiger charge is -2.07. The van der Waals surface area contributed by atoms with Crippen molar-refractivity contribution in [1.82, 2.24) is 19.5 Å². The molecule has 0 aliphatic heterocycles. The topological polar surface area (TPSA) is 113 Å². The van der Waals surface area contributed by atoms with Crippen molar-refractivity contribution in [2.45, 2.75) is 13.5 Å². The summed E-state index contributed by atoms with van der Waals surface area (Å²) in [4.78, 5) is 23.0. The number of phenolic OH excluding ortho intramolecular Hbond substituents is 2. The number of hydrogen-bond donors (Lipinski definition) is 3. The summed E-state index contributed by atoms with van der Waals surface area (Å²) in [7, 11) is 3.17. The Labute approximate surface area is 118 Å². The molecule has 3 N–H and O–H groups in total. The van der Waals surface area contributed by atoms with E-state index >= 15 is 0 Å². The monoisotopic (exact) mass is 290 g/mol. The summed E-state index contributed by atoms with van der Waals surface area (Å²) in [6, 6.07) is 0. The summed E-state index contributed by atoms with van der Waals surface area (Å²) < 4.78 is 6.55. The summed E-state index contributed by atoms with van der Waals surface area (Å²) in [6.07, 6.45) is 0. The molecule has 3 rings (SSSR count). The van der Waals surface area contributed by atoms with Crippen LogP contribution in [0.1, 0.15) is 11.6 Å². The largest absolute Gasteiger partial charge is 0.505 e. The van der Waals surface area contributed by atoms with Crippen molar-refractivity contribution in [1.29, 1.82) is 0 Å². The van der Waals surface area contributed by atoms with E-state index in [1.807, 2.05) is 0 Å². The van der Waals surface area contributed by atoms with E-state index in [9.17, 15) is 15.0 Å². The second kappa shape index (κ2) is 4.45. The van der Waals surface area contributed by atoms with Gasteiger partial charge >= 0.3 is 0 Å². The summed E-state index contributed by atoms with van der Waals surface area (Å²) in [5.74, 6) is 0.381. The molecule has 1 aromatic carbocycles. The molecule has 0 saturated carbocycles. The Morgan fingerprint density at radius 3 is 2.62 bits per heavy atom. The minimum atomic E-state index is -0.551. The van der Waals surface area contributed by atoms with E-state index in [0.717, 1.165) is 0 Å². The van der Waals surface area contributed by atoms with Crippen LogP contribution in [0, 0.1) is 6.92 Å². The summed E-state index contributed by atoms with van der Waals surface area (Å²) in [5, 5.41) is 20.6. The third-order valence-corrected chi connectivity index (χ3v) is 3.48. The van der Waals surface area contributed by atoms with Crippen LogP contribution in [-0.4, -0.2) is 36.8 Å². The van der Waals surface area contributed by atoms with Crippen LogP contribution < -0.4 is 5.56 Å². The van der Waals surface area contributed by atoms with Crippen LogP contribution in [-0.2, 0) is 18.4 Å². The fourth-order valence-electron chi connectivity index (χ4n) is 2.39. The first-order chi connectivity index (χ1) is 9.95. The lowest BCUT2D eigenvalue weighted by atomic mass is 10.1. The number of hydrogen-bond acceptors (Lipinski definition) is 6. The highest BCUT2D eigenvalue weighted by molar-refractivity contribution is 6.06. The fraction of sp³-hybridized carbons (Fsp3) is 0.308. The molecule has 0 aliphatic carbocycles. The zero-order valence-electron chi connectivity index (χ0n) is 11.8. The predicted octanol–water partition coefficient (Wildman–Crippen LogP) is 0.676. The predicted molar refractivity (Wildman–Crippen MR) is 75.4 cm³/mol. The SMILES string of the molecule is COCc1nc2c(O)c3c(nc(C)n3C)c(O)c2c(=O)[nH]1. The maximum atomic E-state index is 12.1. The summed E-state index contributed by atoms with van der Waals surface area (Å²) in [5.41, 5.74) is -0.0189. The van der Waals surface area contributed by atoms with Gasteiger partial charge in [0.05, 0.1) is 0 Å². The van der Waals surface area contributed by atoms with Crippen LogP contribution in [0.25, 0.3) is 21.9 Å². The van der Waals surface area contributed by atoms with Gasteiger partial charge in [0.2, 0.25) is 0 Å². The average molecular weight is 290 g/mol. The van der Waals surface area contributed by atoms with E-state index in [-0.39, 0.29) is 40.3 Å². The molecule has 8 heteroatoms. The van der Waals surface area contributed by atoms with Crippen LogP contribution in [0.5, 0.6) is 11.5 Å². The zero-order valence-corrected chi connectivity index (χ0v) is 11.8. The lowest BCUT2D eigenvalue weighted by Crippen LogP contribution is -2.13. The van der Waals surface area contributed by atoms with E-state index in [4.69, 9.17) is 4.74 Å². The molecule has 21 heavy (non-hydrogen) atoms. The van der Waals surface area contributed by atoms with Crippen molar-refractivity contribution in [3.8, 4) is 11.5 Å². The Bertz CT molecular complexity index is 926. The van der Waals surface area contributed by atoms with Gasteiger partial charge in [0.1, 0.15) is 40.2 Å². The van der Waals surface area contributed by atoms with Crippen molar-refractivity contribution in [3.63, 3.8) is 0 Å². The number of methoxy groups -OCH3 is 1. The normalized spacial score (nSPS) is 11.6. The van der Waals surface area contributed by atoms with E-state index in [1.54, 1.807) is 18.5 Å². The number of aromatic amines is 1. The number of benzene rings is 1. The second-order valence-corrected chi connectivity index (χ2v) is 4.78. The molecule has 0 aliphatic rings. The molecule has 110 valence electrons. The first-order valence-corrected chi connectivity index (χ1v) is 6.24. The third kappa shape index (κ3) is 1.76. The van der Waals surface area contributed by atoms with Gasteiger partial charge in [0, 0.05) is 14.2 Å². The molecule has 2 heterocycles. The molecule has 0 saturated heterocycles. The molecule has 0 radical (unpaired) electrons. The number of aryl methyl sites for hydroxylation is 2. The van der Waals surface area contributed by atoms with Gasteiger partial charge < -0.3 is 24.5 Å². The number of imidazole rings is 1. The first-order valence-electron chi connectivity index (χ1n) is 6.24. The Balaban J connectivity index is 2.55. The summed E-state index contributed by atoms with van der Waals surface area (Å²) >= 11 is 0. The maximum absolute atomic E-state index is 12.1.